The maximum absolute atomic E-state index is 0. The van der Waals surface area contributed by atoms with Crippen molar-refractivity contribution in [3.05, 3.63) is 0 Å². The van der Waals surface area contributed by atoms with Gasteiger partial charge in [0.25, 0.3) is 0 Å². The Balaban J connectivity index is 0. The summed E-state index contributed by atoms with van der Waals surface area (Å²) in [6.07, 6.45) is 0. The quantitative estimate of drug-likeness (QED) is 0.395. The Bertz CT molecular complexity index is 11.6. The molecule has 0 aliphatic heterocycles. The van der Waals surface area contributed by atoms with Crippen LogP contribution in [-0.4, -0.2) is 115 Å². The maximum Gasteiger partial charge on any atom is 0 e. The monoisotopic (exact) mass is 292 g/mol. The average Bonchev–Trinajstić information content (AvgIpc) is 0. The van der Waals surface area contributed by atoms with E-state index in [0.717, 1.165) is 0 Å². The van der Waals surface area contributed by atoms with Gasteiger partial charge in [-0.05, 0) is 11.0 Å². The molecule has 0 aromatic carbocycles. The summed E-state index contributed by atoms with van der Waals surface area (Å²) in [5, 5.41) is 0. The van der Waals surface area contributed by atoms with Crippen molar-refractivity contribution in [3.63, 3.8) is 0 Å². The van der Waals surface area contributed by atoms with Gasteiger partial charge in [-0.1, -0.05) is 0 Å². The molecule has 26 valence electrons. The zero-order valence-corrected chi connectivity index (χ0v) is 2.06. The van der Waals surface area contributed by atoms with Crippen LogP contribution in [0.5, 0.6) is 0 Å². The Hall–Kier alpha value is 4.29. The maximum atomic E-state index is 0. The topological polar surface area (TPSA) is 0 Å². The van der Waals surface area contributed by atoms with Crippen molar-refractivity contribution in [1.29, 1.82) is 0 Å². The Morgan fingerprint density at radius 3 is 1.00 bits per heavy atom. The first-order chi connectivity index (χ1) is 0. The van der Waals surface area contributed by atoms with Gasteiger partial charge in [-0.15, -0.1) is 0 Å². The molecule has 0 nitrogen and oxygen atoms in total. The Labute approximate surface area is 133 Å². The predicted octanol–water partition coefficient (Wildman–Crippen LogP) is -4.47. The van der Waals surface area contributed by atoms with Crippen molar-refractivity contribution >= 4 is 115 Å². The summed E-state index contributed by atoms with van der Waals surface area (Å²) < 4.78 is 0. The van der Waals surface area contributed by atoms with Crippen molar-refractivity contribution in [2.45, 2.75) is 0 Å². The summed E-state index contributed by atoms with van der Waals surface area (Å²) in [4.78, 5) is 0. The molecule has 0 unspecified atom stereocenters. The molecule has 0 N–H and O–H groups in total. The second kappa shape index (κ2) is 23.9. The fraction of sp³-hybridized carbons (Fsp3) is 0. The minimum atomic E-state index is 0. The van der Waals surface area contributed by atoms with Gasteiger partial charge < -0.3 is 0 Å². The second-order valence-corrected chi connectivity index (χ2v) is 0. The summed E-state index contributed by atoms with van der Waals surface area (Å²) in [5.41, 5.74) is 0. The van der Waals surface area contributed by atoms with Crippen LogP contribution in [0.4, 0.5) is 0 Å². The molecular formula is H11AlBaCaSiTi. The molecule has 0 aliphatic carbocycles. The van der Waals surface area contributed by atoms with Crippen LogP contribution in [0.15, 0.2) is 0 Å². The van der Waals surface area contributed by atoms with Crippen molar-refractivity contribution in [1.82, 2.24) is 0 Å². The van der Waals surface area contributed by atoms with Crippen LogP contribution in [0.2, 0.25) is 0 Å². The van der Waals surface area contributed by atoms with E-state index in [9.17, 15) is 0 Å². The van der Waals surface area contributed by atoms with Crippen LogP contribution >= 0.6 is 0 Å². The largest absolute Gasteiger partial charge is 0.0149 e. The van der Waals surface area contributed by atoms with E-state index in [2.05, 4.69) is 0 Å². The number of hydrogen-bond acceptors (Lipinski definition) is 0. The fourth-order valence-electron chi connectivity index (χ4n) is 0. The summed E-state index contributed by atoms with van der Waals surface area (Å²) in [7, 11) is 0. The van der Waals surface area contributed by atoms with Crippen LogP contribution in [0.25, 0.3) is 0 Å². The van der Waals surface area contributed by atoms with E-state index in [1.165, 1.54) is 0 Å². The molecule has 0 aromatic rings. The number of rotatable bonds is 0. The van der Waals surface area contributed by atoms with Crippen LogP contribution < -0.4 is 0 Å². The summed E-state index contributed by atoms with van der Waals surface area (Å²) >= 11 is 0. The zero-order chi connectivity index (χ0) is 0. The van der Waals surface area contributed by atoms with Gasteiger partial charge in [-0.2, -0.15) is 0 Å². The smallest absolute Gasteiger partial charge is 0 e. The van der Waals surface area contributed by atoms with Gasteiger partial charge in [0.1, 0.15) is 0 Å². The SMILES string of the molecule is [AlH3].[BaH2].[CaH2].[SiH4].[Ti]. The Morgan fingerprint density at radius 1 is 1.00 bits per heavy atom. The van der Waals surface area contributed by atoms with E-state index in [0.29, 0.717) is 0 Å². The molecule has 0 atom stereocenters. The second-order valence-electron chi connectivity index (χ2n) is 0. The molecule has 0 saturated heterocycles. The third kappa shape index (κ3) is 17.8. The van der Waals surface area contributed by atoms with Crippen molar-refractivity contribution < 1.29 is 21.7 Å². The van der Waals surface area contributed by atoms with Crippen LogP contribution in [0, 0.1) is 0 Å². The minimum Gasteiger partial charge on any atom is -0.0149 e. The van der Waals surface area contributed by atoms with E-state index >= 15 is 0 Å². The minimum absolute atomic E-state index is 0. The van der Waals surface area contributed by atoms with E-state index in [1.807, 2.05) is 0 Å². The van der Waals surface area contributed by atoms with Crippen LogP contribution in [0.1, 0.15) is 0 Å². The molecular weight excluding hydrogens is 280 g/mol. The number of hydrogen-bond donors (Lipinski definition) is 0. The van der Waals surface area contributed by atoms with E-state index in [4.69, 9.17) is 0 Å². The molecule has 0 heterocycles. The average molecular weight is 291 g/mol. The van der Waals surface area contributed by atoms with Gasteiger partial charge >= 0.3 is 86.6 Å². The summed E-state index contributed by atoms with van der Waals surface area (Å²) in [6, 6.07) is 0. The van der Waals surface area contributed by atoms with E-state index in [1.54, 1.807) is 0 Å². The molecule has 5 heteroatoms. The normalized spacial score (nSPS) is 0. The van der Waals surface area contributed by atoms with Gasteiger partial charge in [0, 0.05) is 21.7 Å². The van der Waals surface area contributed by atoms with Gasteiger partial charge in [0.2, 0.25) is 0 Å². The van der Waals surface area contributed by atoms with Gasteiger partial charge in [0.15, 0.2) is 17.4 Å². The van der Waals surface area contributed by atoms with Gasteiger partial charge in [0.05, 0.1) is 0 Å². The first-order valence-electron chi connectivity index (χ1n) is 0. The molecule has 5 heavy (non-hydrogen) atoms. The molecule has 0 fully saturated rings. The molecule has 0 spiro atoms. The molecule has 0 bridgehead atoms. The van der Waals surface area contributed by atoms with Crippen LogP contribution in [0.3, 0.4) is 0 Å². The molecule has 0 amide bonds. The molecule has 0 aliphatic rings. The van der Waals surface area contributed by atoms with Crippen LogP contribution in [-0.2, 0) is 21.7 Å². The predicted molar refractivity (Wildman–Crippen MR) is 38.4 cm³/mol. The third-order valence-corrected chi connectivity index (χ3v) is 0. The van der Waals surface area contributed by atoms with Crippen molar-refractivity contribution in [2.75, 3.05) is 0 Å². The molecule has 0 rings (SSSR count). The summed E-state index contributed by atoms with van der Waals surface area (Å²) in [6.45, 7) is 0. The van der Waals surface area contributed by atoms with Crippen molar-refractivity contribution in [2.24, 2.45) is 0 Å². The standard InChI is InChI=1S/Al.Ba.Ca.H4Si.Ti.7H/h;;;1H4;;;;;;;;. The van der Waals surface area contributed by atoms with Gasteiger partial charge in [-0.25, -0.2) is 0 Å². The molecule has 0 radical (unpaired) electrons. The Kier molecular flexibility index (Phi) is 166. The van der Waals surface area contributed by atoms with Crippen molar-refractivity contribution in [3.8, 4) is 0 Å². The zero-order valence-electron chi connectivity index (χ0n) is 0.500. The fourth-order valence-corrected chi connectivity index (χ4v) is 0. The first kappa shape index (κ1) is 34.7. The first-order valence-corrected chi connectivity index (χ1v) is 0. The third-order valence-electron chi connectivity index (χ3n) is 0. The van der Waals surface area contributed by atoms with Gasteiger partial charge in [-0.3, -0.25) is 0 Å². The summed E-state index contributed by atoms with van der Waals surface area (Å²) in [5.74, 6) is 0. The Morgan fingerprint density at radius 2 is 1.00 bits per heavy atom. The van der Waals surface area contributed by atoms with E-state index < -0.39 is 0 Å². The molecule has 0 saturated carbocycles. The molecule has 0 aromatic heterocycles. The van der Waals surface area contributed by atoms with E-state index in [-0.39, 0.29) is 137 Å².